The van der Waals surface area contributed by atoms with Crippen LogP contribution in [-0.4, -0.2) is 72.4 Å². The minimum atomic E-state index is -3.89. The van der Waals surface area contributed by atoms with Gasteiger partial charge in [0.2, 0.25) is 0 Å². The summed E-state index contributed by atoms with van der Waals surface area (Å²) < 4.78 is 40.4. The Labute approximate surface area is 140 Å². The van der Waals surface area contributed by atoms with Crippen LogP contribution in [0.5, 0.6) is 0 Å². The molecule has 9 atom stereocenters. The molecule has 0 amide bonds. The SMILES string of the molecule is C[C@@]12CCC(C1)C[C@]21OC2C(O)C(O)C(O)C(OS(C)(=O)=O)C2O1. The first kappa shape index (κ1) is 17.1. The molecule has 24 heavy (non-hydrogen) atoms. The molecule has 0 aromatic heterocycles. The van der Waals surface area contributed by atoms with Gasteiger partial charge in [-0.3, -0.25) is 4.18 Å². The zero-order chi connectivity index (χ0) is 17.5. The monoisotopic (exact) mass is 364 g/mol. The number of hydrogen-bond acceptors (Lipinski definition) is 8. The van der Waals surface area contributed by atoms with Crippen molar-refractivity contribution in [3.05, 3.63) is 0 Å². The molecule has 4 fully saturated rings. The summed E-state index contributed by atoms with van der Waals surface area (Å²) in [5, 5.41) is 30.6. The summed E-state index contributed by atoms with van der Waals surface area (Å²) in [6.07, 6.45) is -3.22. The van der Waals surface area contributed by atoms with E-state index in [4.69, 9.17) is 13.7 Å². The van der Waals surface area contributed by atoms with Crippen LogP contribution in [0, 0.1) is 11.3 Å². The van der Waals surface area contributed by atoms with Gasteiger partial charge in [-0.05, 0) is 25.2 Å². The molecule has 9 heteroatoms. The molecule has 1 saturated heterocycles. The molecule has 3 saturated carbocycles. The van der Waals surface area contributed by atoms with Crippen LogP contribution in [0.4, 0.5) is 0 Å². The number of aliphatic hydroxyl groups excluding tert-OH is 3. The molecule has 4 rings (SSSR count). The van der Waals surface area contributed by atoms with Crippen LogP contribution in [-0.2, 0) is 23.8 Å². The summed E-state index contributed by atoms with van der Waals surface area (Å²) in [6, 6.07) is 0. The highest BCUT2D eigenvalue weighted by Gasteiger charge is 2.70. The lowest BCUT2D eigenvalue weighted by atomic mass is 9.80. The van der Waals surface area contributed by atoms with Crippen molar-refractivity contribution in [1.29, 1.82) is 0 Å². The van der Waals surface area contributed by atoms with E-state index < -0.39 is 52.5 Å². The molecule has 2 bridgehead atoms. The molecular weight excluding hydrogens is 340 g/mol. The first-order valence-corrected chi connectivity index (χ1v) is 10.2. The maximum absolute atomic E-state index is 11.6. The van der Waals surface area contributed by atoms with Crippen molar-refractivity contribution in [3.63, 3.8) is 0 Å². The molecule has 1 heterocycles. The average molecular weight is 364 g/mol. The second-order valence-electron chi connectivity index (χ2n) is 8.03. The first-order valence-electron chi connectivity index (χ1n) is 8.33. The fourth-order valence-corrected chi connectivity index (χ4v) is 5.74. The van der Waals surface area contributed by atoms with E-state index >= 15 is 0 Å². The van der Waals surface area contributed by atoms with Crippen molar-refractivity contribution in [2.45, 2.75) is 75.0 Å². The third kappa shape index (κ3) is 2.29. The second-order valence-corrected chi connectivity index (χ2v) is 9.63. The first-order chi connectivity index (χ1) is 11.1. The Morgan fingerprint density at radius 3 is 2.25 bits per heavy atom. The Morgan fingerprint density at radius 1 is 1.04 bits per heavy atom. The van der Waals surface area contributed by atoms with Crippen LogP contribution < -0.4 is 0 Å². The Morgan fingerprint density at radius 2 is 1.71 bits per heavy atom. The van der Waals surface area contributed by atoms with Crippen LogP contribution in [0.1, 0.15) is 32.6 Å². The molecule has 0 aromatic rings. The summed E-state index contributed by atoms with van der Waals surface area (Å²) in [5.41, 5.74) is -0.222. The molecular formula is C15H24O8S. The average Bonchev–Trinajstić information content (AvgIpc) is 3.11. The van der Waals surface area contributed by atoms with Crippen molar-refractivity contribution in [2.75, 3.05) is 6.26 Å². The van der Waals surface area contributed by atoms with Crippen LogP contribution in [0.2, 0.25) is 0 Å². The maximum atomic E-state index is 11.6. The van der Waals surface area contributed by atoms with Crippen LogP contribution in [0.3, 0.4) is 0 Å². The summed E-state index contributed by atoms with van der Waals surface area (Å²) >= 11 is 0. The predicted octanol–water partition coefficient (Wildman–Crippen LogP) is -0.882. The van der Waals surface area contributed by atoms with Gasteiger partial charge in [-0.1, -0.05) is 6.92 Å². The zero-order valence-corrected chi connectivity index (χ0v) is 14.5. The number of ether oxygens (including phenoxy) is 2. The molecule has 138 valence electrons. The molecule has 0 radical (unpaired) electrons. The standard InChI is InChI=1S/C15H24O8S/c1-14-4-3-7(5-14)6-15(14)21-11-9(17)8(16)10(18)12(13(11)22-15)23-24(2,19)20/h7-13,16-18H,3-6H2,1-2H3/t7?,8?,9?,10?,11?,12?,13?,14-,15-/m1/s1. The topological polar surface area (TPSA) is 123 Å². The third-order valence-electron chi connectivity index (χ3n) is 6.28. The predicted molar refractivity (Wildman–Crippen MR) is 80.3 cm³/mol. The normalized spacial score (nSPS) is 56.8. The van der Waals surface area contributed by atoms with E-state index in [2.05, 4.69) is 6.92 Å². The fraction of sp³-hybridized carbons (Fsp3) is 1.00. The van der Waals surface area contributed by atoms with E-state index in [0.29, 0.717) is 12.3 Å². The maximum Gasteiger partial charge on any atom is 0.264 e. The van der Waals surface area contributed by atoms with Gasteiger partial charge in [-0.15, -0.1) is 0 Å². The zero-order valence-electron chi connectivity index (χ0n) is 13.7. The van der Waals surface area contributed by atoms with Crippen molar-refractivity contribution in [1.82, 2.24) is 0 Å². The van der Waals surface area contributed by atoms with Crippen LogP contribution in [0.15, 0.2) is 0 Å². The van der Waals surface area contributed by atoms with Gasteiger partial charge in [0.05, 0.1) is 6.26 Å². The van der Waals surface area contributed by atoms with Crippen molar-refractivity contribution in [2.24, 2.45) is 11.3 Å². The number of aliphatic hydroxyl groups is 3. The molecule has 3 aliphatic carbocycles. The lowest BCUT2D eigenvalue weighted by molar-refractivity contribution is -0.245. The number of fused-ring (bicyclic) bond motifs is 4. The summed E-state index contributed by atoms with van der Waals surface area (Å²) in [6.45, 7) is 2.07. The molecule has 1 spiro atoms. The van der Waals surface area contributed by atoms with E-state index in [1.54, 1.807) is 0 Å². The van der Waals surface area contributed by atoms with E-state index in [9.17, 15) is 23.7 Å². The summed E-state index contributed by atoms with van der Waals surface area (Å²) in [5.74, 6) is -0.453. The molecule has 4 aliphatic rings. The van der Waals surface area contributed by atoms with E-state index in [0.717, 1.165) is 25.5 Å². The molecule has 0 aromatic carbocycles. The summed E-state index contributed by atoms with van der Waals surface area (Å²) in [7, 11) is -3.89. The minimum Gasteiger partial charge on any atom is -0.387 e. The van der Waals surface area contributed by atoms with Gasteiger partial charge in [0.25, 0.3) is 10.1 Å². The Bertz CT molecular complexity index is 637. The highest BCUT2D eigenvalue weighted by Crippen LogP contribution is 2.64. The molecule has 8 nitrogen and oxygen atoms in total. The molecule has 1 aliphatic heterocycles. The number of hydrogen-bond donors (Lipinski definition) is 3. The quantitative estimate of drug-likeness (QED) is 0.540. The largest absolute Gasteiger partial charge is 0.387 e. The van der Waals surface area contributed by atoms with Crippen molar-refractivity contribution in [3.8, 4) is 0 Å². The smallest absolute Gasteiger partial charge is 0.264 e. The fourth-order valence-electron chi connectivity index (χ4n) is 5.11. The van der Waals surface area contributed by atoms with Gasteiger partial charge in [0, 0.05) is 11.8 Å². The van der Waals surface area contributed by atoms with Gasteiger partial charge in [-0.2, -0.15) is 8.42 Å². The van der Waals surface area contributed by atoms with E-state index in [-0.39, 0.29) is 5.41 Å². The highest BCUT2D eigenvalue weighted by molar-refractivity contribution is 7.86. The Hall–Kier alpha value is -0.290. The minimum absolute atomic E-state index is 0.222. The van der Waals surface area contributed by atoms with Gasteiger partial charge >= 0.3 is 0 Å². The molecule has 7 unspecified atom stereocenters. The van der Waals surface area contributed by atoms with Gasteiger partial charge < -0.3 is 24.8 Å². The summed E-state index contributed by atoms with van der Waals surface area (Å²) in [4.78, 5) is 0. The third-order valence-corrected chi connectivity index (χ3v) is 6.85. The number of rotatable bonds is 2. The second kappa shape index (κ2) is 5.12. The van der Waals surface area contributed by atoms with Crippen LogP contribution in [0.25, 0.3) is 0 Å². The van der Waals surface area contributed by atoms with Gasteiger partial charge in [-0.25, -0.2) is 0 Å². The van der Waals surface area contributed by atoms with Crippen LogP contribution >= 0.6 is 0 Å². The lowest BCUT2D eigenvalue weighted by Gasteiger charge is -2.40. The Kier molecular flexibility index (Phi) is 3.66. The van der Waals surface area contributed by atoms with E-state index in [1.165, 1.54) is 0 Å². The van der Waals surface area contributed by atoms with Crippen molar-refractivity contribution >= 4 is 10.1 Å². The van der Waals surface area contributed by atoms with E-state index in [1.807, 2.05) is 0 Å². The Balaban J connectivity index is 1.68. The highest BCUT2D eigenvalue weighted by atomic mass is 32.2. The lowest BCUT2D eigenvalue weighted by Crippen LogP contribution is -2.63. The van der Waals surface area contributed by atoms with Gasteiger partial charge in [0.15, 0.2) is 5.79 Å². The van der Waals surface area contributed by atoms with Gasteiger partial charge in [0.1, 0.15) is 36.6 Å². The van der Waals surface area contributed by atoms with Crippen molar-refractivity contribution < 1.29 is 37.4 Å². The molecule has 3 N–H and O–H groups in total.